The molecule has 3 N–H and O–H groups in total. The van der Waals surface area contributed by atoms with E-state index in [1.807, 2.05) is 6.07 Å². The van der Waals surface area contributed by atoms with Crippen molar-refractivity contribution in [2.24, 2.45) is 12.8 Å². The summed E-state index contributed by atoms with van der Waals surface area (Å²) in [5.41, 5.74) is 6.94. The number of hydrogen-bond acceptors (Lipinski definition) is 3. The zero-order valence-corrected chi connectivity index (χ0v) is 11.6. The Morgan fingerprint density at radius 1 is 1.35 bits per heavy atom. The third kappa shape index (κ3) is 3.19. The van der Waals surface area contributed by atoms with Gasteiger partial charge < -0.3 is 15.6 Å². The first-order chi connectivity index (χ1) is 9.47. The van der Waals surface area contributed by atoms with Gasteiger partial charge in [0.2, 0.25) is 0 Å². The number of pyridine rings is 1. The molecule has 104 valence electrons. The topological polar surface area (TPSA) is 77.1 Å². The summed E-state index contributed by atoms with van der Waals surface area (Å²) in [6.45, 7) is 0.415. The molecule has 2 rings (SSSR count). The van der Waals surface area contributed by atoms with Crippen LogP contribution in [0.2, 0.25) is 5.02 Å². The van der Waals surface area contributed by atoms with Crippen molar-refractivity contribution >= 4 is 23.2 Å². The van der Waals surface area contributed by atoms with E-state index in [0.29, 0.717) is 22.8 Å². The number of amides is 1. The number of anilines is 1. The maximum Gasteiger partial charge on any atom is 0.250 e. The number of rotatable bonds is 4. The van der Waals surface area contributed by atoms with Crippen LogP contribution in [0.15, 0.2) is 41.3 Å². The standard InChI is InChI=1S/C14H14ClN3O2/c1-18-5-4-9(6-13(18)19)8-17-12-3-2-10(15)7-11(12)14(16)20/h2-7,17H,8H2,1H3,(H2,16,20). The molecule has 0 bridgehead atoms. The molecule has 0 radical (unpaired) electrons. The zero-order valence-electron chi connectivity index (χ0n) is 10.9. The predicted molar refractivity (Wildman–Crippen MR) is 79.0 cm³/mol. The smallest absolute Gasteiger partial charge is 0.250 e. The van der Waals surface area contributed by atoms with Crippen LogP contribution in [0.1, 0.15) is 15.9 Å². The largest absolute Gasteiger partial charge is 0.380 e. The molecule has 20 heavy (non-hydrogen) atoms. The van der Waals surface area contributed by atoms with Crippen LogP contribution in [-0.2, 0) is 13.6 Å². The third-order valence-electron chi connectivity index (χ3n) is 2.90. The highest BCUT2D eigenvalue weighted by Crippen LogP contribution is 2.20. The van der Waals surface area contributed by atoms with Crippen LogP contribution in [0.4, 0.5) is 5.69 Å². The molecule has 6 heteroatoms. The van der Waals surface area contributed by atoms with Gasteiger partial charge in [-0.2, -0.15) is 0 Å². The van der Waals surface area contributed by atoms with Crippen molar-refractivity contribution in [3.8, 4) is 0 Å². The summed E-state index contributed by atoms with van der Waals surface area (Å²) in [5, 5.41) is 3.52. The van der Waals surface area contributed by atoms with E-state index < -0.39 is 5.91 Å². The summed E-state index contributed by atoms with van der Waals surface area (Å²) in [6, 6.07) is 8.22. The van der Waals surface area contributed by atoms with Gasteiger partial charge in [0.1, 0.15) is 0 Å². The van der Waals surface area contributed by atoms with Gasteiger partial charge in [-0.25, -0.2) is 0 Å². The number of nitrogens with two attached hydrogens (primary N) is 1. The van der Waals surface area contributed by atoms with Crippen molar-refractivity contribution in [1.29, 1.82) is 0 Å². The Bertz CT molecular complexity index is 710. The number of hydrogen-bond donors (Lipinski definition) is 2. The molecule has 0 aliphatic rings. The van der Waals surface area contributed by atoms with Gasteiger partial charge in [0.25, 0.3) is 11.5 Å². The number of benzene rings is 1. The maximum atomic E-state index is 11.5. The number of carbonyl (C=O) groups is 1. The fraction of sp³-hybridized carbons (Fsp3) is 0.143. The second kappa shape index (κ2) is 5.79. The fourth-order valence-electron chi connectivity index (χ4n) is 1.77. The average molecular weight is 292 g/mol. The van der Waals surface area contributed by atoms with Crippen LogP contribution < -0.4 is 16.6 Å². The van der Waals surface area contributed by atoms with Crippen LogP contribution >= 0.6 is 11.6 Å². The van der Waals surface area contributed by atoms with E-state index in [0.717, 1.165) is 5.56 Å². The summed E-state index contributed by atoms with van der Waals surface area (Å²) < 4.78 is 1.49. The van der Waals surface area contributed by atoms with E-state index in [4.69, 9.17) is 17.3 Å². The van der Waals surface area contributed by atoms with E-state index in [1.54, 1.807) is 25.4 Å². The quantitative estimate of drug-likeness (QED) is 0.901. The van der Waals surface area contributed by atoms with Crippen molar-refractivity contribution in [2.75, 3.05) is 5.32 Å². The van der Waals surface area contributed by atoms with Gasteiger partial charge in [-0.1, -0.05) is 11.6 Å². The van der Waals surface area contributed by atoms with Crippen LogP contribution in [0.25, 0.3) is 0 Å². The molecule has 1 aromatic carbocycles. The molecule has 0 atom stereocenters. The normalized spacial score (nSPS) is 10.3. The third-order valence-corrected chi connectivity index (χ3v) is 3.13. The molecule has 1 aromatic heterocycles. The van der Waals surface area contributed by atoms with Crippen molar-refractivity contribution in [2.45, 2.75) is 6.54 Å². The lowest BCUT2D eigenvalue weighted by Crippen LogP contribution is -2.17. The lowest BCUT2D eigenvalue weighted by atomic mass is 10.1. The molecule has 0 unspecified atom stereocenters. The Balaban J connectivity index is 2.20. The molecule has 0 saturated heterocycles. The lowest BCUT2D eigenvalue weighted by Gasteiger charge is -2.10. The second-order valence-corrected chi connectivity index (χ2v) is 4.83. The van der Waals surface area contributed by atoms with Crippen molar-refractivity contribution in [3.63, 3.8) is 0 Å². The highest BCUT2D eigenvalue weighted by Gasteiger charge is 2.08. The Hall–Kier alpha value is -2.27. The average Bonchev–Trinajstić information content (AvgIpc) is 2.41. The number of primary amides is 1. The molecule has 0 saturated carbocycles. The molecule has 0 aliphatic heterocycles. The molecule has 1 amide bonds. The number of carbonyl (C=O) groups excluding carboxylic acids is 1. The minimum Gasteiger partial charge on any atom is -0.380 e. The summed E-state index contributed by atoms with van der Waals surface area (Å²) in [4.78, 5) is 22.9. The summed E-state index contributed by atoms with van der Waals surface area (Å²) in [5.74, 6) is -0.557. The van der Waals surface area contributed by atoms with Crippen molar-refractivity contribution in [1.82, 2.24) is 4.57 Å². The van der Waals surface area contributed by atoms with E-state index >= 15 is 0 Å². The molecule has 0 spiro atoms. The van der Waals surface area contributed by atoms with E-state index in [9.17, 15) is 9.59 Å². The Morgan fingerprint density at radius 3 is 2.75 bits per heavy atom. The number of nitrogens with zero attached hydrogens (tertiary/aromatic N) is 1. The van der Waals surface area contributed by atoms with Gasteiger partial charge in [-0.05, 0) is 29.8 Å². The van der Waals surface area contributed by atoms with Gasteiger partial charge >= 0.3 is 0 Å². The minimum absolute atomic E-state index is 0.0875. The first-order valence-electron chi connectivity index (χ1n) is 5.96. The van der Waals surface area contributed by atoms with Gasteiger partial charge in [-0.3, -0.25) is 9.59 Å². The van der Waals surface area contributed by atoms with Gasteiger partial charge in [0, 0.05) is 36.6 Å². The molecule has 5 nitrogen and oxygen atoms in total. The maximum absolute atomic E-state index is 11.5. The van der Waals surface area contributed by atoms with Gasteiger partial charge in [0.15, 0.2) is 0 Å². The summed E-state index contributed by atoms with van der Waals surface area (Å²) >= 11 is 5.84. The number of aromatic nitrogens is 1. The monoisotopic (exact) mass is 291 g/mol. The van der Waals surface area contributed by atoms with Crippen molar-refractivity contribution in [3.05, 3.63) is 63.0 Å². The van der Waals surface area contributed by atoms with Crippen LogP contribution in [0.5, 0.6) is 0 Å². The molecule has 1 heterocycles. The van der Waals surface area contributed by atoms with Crippen LogP contribution in [0, 0.1) is 0 Å². The molecule has 0 fully saturated rings. The Kier molecular flexibility index (Phi) is 4.10. The Labute approximate surface area is 121 Å². The van der Waals surface area contributed by atoms with E-state index in [-0.39, 0.29) is 5.56 Å². The number of halogens is 1. The number of nitrogens with one attached hydrogen (secondary N) is 1. The van der Waals surface area contributed by atoms with Gasteiger partial charge in [0.05, 0.1) is 5.56 Å². The zero-order chi connectivity index (χ0) is 14.7. The van der Waals surface area contributed by atoms with Gasteiger partial charge in [-0.15, -0.1) is 0 Å². The SMILES string of the molecule is Cn1ccc(CNc2ccc(Cl)cc2C(N)=O)cc1=O. The van der Waals surface area contributed by atoms with Crippen LogP contribution in [0.3, 0.4) is 0 Å². The summed E-state index contributed by atoms with van der Waals surface area (Å²) in [7, 11) is 1.68. The van der Waals surface area contributed by atoms with Crippen LogP contribution in [-0.4, -0.2) is 10.5 Å². The number of aryl methyl sites for hydroxylation is 1. The highest BCUT2D eigenvalue weighted by atomic mass is 35.5. The highest BCUT2D eigenvalue weighted by molar-refractivity contribution is 6.31. The van der Waals surface area contributed by atoms with E-state index in [1.165, 1.54) is 16.7 Å². The first kappa shape index (κ1) is 14.1. The molecular weight excluding hydrogens is 278 g/mol. The molecule has 2 aromatic rings. The Morgan fingerprint density at radius 2 is 2.10 bits per heavy atom. The van der Waals surface area contributed by atoms with Crippen molar-refractivity contribution < 1.29 is 4.79 Å². The molecular formula is C14H14ClN3O2. The van der Waals surface area contributed by atoms with E-state index in [2.05, 4.69) is 5.32 Å². The lowest BCUT2D eigenvalue weighted by molar-refractivity contribution is 0.100. The summed E-state index contributed by atoms with van der Waals surface area (Å²) in [6.07, 6.45) is 1.69. The first-order valence-corrected chi connectivity index (χ1v) is 6.34. The fourth-order valence-corrected chi connectivity index (χ4v) is 1.94. The minimum atomic E-state index is -0.557. The molecule has 0 aliphatic carbocycles. The predicted octanol–water partition coefficient (Wildman–Crippen LogP) is 1.75. The second-order valence-electron chi connectivity index (χ2n) is 4.39.